The number of anilines is 1. The highest BCUT2D eigenvalue weighted by atomic mass is 32.1. The lowest BCUT2D eigenvalue weighted by atomic mass is 10.2. The number of nitrogens with zero attached hydrogens (tertiary/aromatic N) is 2. The Kier molecular flexibility index (Phi) is 2.08. The van der Waals surface area contributed by atoms with Crippen LogP contribution >= 0.6 is 11.3 Å². The number of carboxylic acid groups (broad SMARTS) is 1. The Labute approximate surface area is 103 Å². The summed E-state index contributed by atoms with van der Waals surface area (Å²) in [6.45, 7) is 0. The van der Waals surface area contributed by atoms with Crippen molar-refractivity contribution < 1.29 is 9.90 Å². The molecule has 0 saturated heterocycles. The van der Waals surface area contributed by atoms with E-state index in [4.69, 9.17) is 5.11 Å². The molecule has 0 aromatic carbocycles. The number of carboxylic acids is 1. The number of thiophene rings is 1. The number of hydrogen-bond donors (Lipinski definition) is 2. The molecular weight excluding hydrogens is 258 g/mol. The molecule has 3 aromatic heterocycles. The van der Waals surface area contributed by atoms with E-state index in [9.17, 15) is 14.4 Å². The molecule has 3 aromatic rings. The van der Waals surface area contributed by atoms with Crippen LogP contribution in [0.4, 0.5) is 5.00 Å². The van der Waals surface area contributed by atoms with Crippen LogP contribution in [0.1, 0.15) is 10.4 Å². The molecule has 7 nitrogen and oxygen atoms in total. The lowest BCUT2D eigenvalue weighted by Gasteiger charge is -1.98. The normalized spacial score (nSPS) is 11.1. The van der Waals surface area contributed by atoms with Gasteiger partial charge in [0.15, 0.2) is 0 Å². The van der Waals surface area contributed by atoms with Gasteiger partial charge in [0.2, 0.25) is 0 Å². The van der Waals surface area contributed by atoms with Crippen molar-refractivity contribution in [3.8, 4) is 0 Å². The maximum atomic E-state index is 11.2. The molecule has 0 aliphatic heterocycles. The molecule has 0 fully saturated rings. The minimum absolute atomic E-state index is 0.00981. The third-order valence-electron chi connectivity index (χ3n) is 2.43. The van der Waals surface area contributed by atoms with E-state index in [1.807, 2.05) is 0 Å². The Morgan fingerprint density at radius 1 is 1.39 bits per heavy atom. The fourth-order valence-corrected chi connectivity index (χ4v) is 2.58. The molecule has 90 valence electrons. The average Bonchev–Trinajstić information content (AvgIpc) is 2.78. The van der Waals surface area contributed by atoms with Crippen LogP contribution in [-0.2, 0) is 0 Å². The number of aromatic nitrogens is 2. The van der Waals surface area contributed by atoms with E-state index in [0.717, 1.165) is 16.0 Å². The van der Waals surface area contributed by atoms with E-state index in [1.54, 1.807) is 18.3 Å². The van der Waals surface area contributed by atoms with Gasteiger partial charge in [0, 0.05) is 11.6 Å². The van der Waals surface area contributed by atoms with E-state index in [1.165, 1.54) is 0 Å². The lowest BCUT2D eigenvalue weighted by molar-refractivity contribution is 0.0700. The largest absolute Gasteiger partial charge is 0.478 e. The van der Waals surface area contributed by atoms with Crippen molar-refractivity contribution in [3.63, 3.8) is 0 Å². The van der Waals surface area contributed by atoms with Crippen LogP contribution in [0, 0.1) is 0 Å². The van der Waals surface area contributed by atoms with Crippen molar-refractivity contribution in [3.05, 3.63) is 44.6 Å². The molecule has 0 saturated carbocycles. The van der Waals surface area contributed by atoms with Crippen LogP contribution < -0.4 is 16.5 Å². The predicted octanol–water partition coefficient (Wildman–Crippen LogP) is 0.267. The summed E-state index contributed by atoms with van der Waals surface area (Å²) in [6.07, 6.45) is 1.54. The first-order valence-electron chi connectivity index (χ1n) is 4.85. The van der Waals surface area contributed by atoms with Gasteiger partial charge in [0.1, 0.15) is 15.4 Å². The van der Waals surface area contributed by atoms with Gasteiger partial charge in [-0.3, -0.25) is 15.0 Å². The lowest BCUT2D eigenvalue weighted by Crippen LogP contribution is -2.09. The highest BCUT2D eigenvalue weighted by Gasteiger charge is 2.23. The Morgan fingerprint density at radius 3 is 2.72 bits per heavy atom. The Hall–Kier alpha value is -2.48. The molecule has 0 aliphatic rings. The summed E-state index contributed by atoms with van der Waals surface area (Å²) in [5.74, 6) is -1.14. The Morgan fingerprint density at radius 2 is 2.11 bits per heavy atom. The highest BCUT2D eigenvalue weighted by Crippen LogP contribution is 2.34. The van der Waals surface area contributed by atoms with Gasteiger partial charge in [-0.1, -0.05) is 11.3 Å². The quantitative estimate of drug-likeness (QED) is 0.657. The first kappa shape index (κ1) is 10.7. The van der Waals surface area contributed by atoms with Gasteiger partial charge >= 0.3 is 17.1 Å². The third kappa shape index (κ3) is 1.43. The van der Waals surface area contributed by atoms with Crippen molar-refractivity contribution >= 4 is 32.5 Å². The van der Waals surface area contributed by atoms with E-state index >= 15 is 0 Å². The molecule has 3 rings (SSSR count). The molecular formula is C10H5N3O4S. The van der Waals surface area contributed by atoms with Gasteiger partial charge < -0.3 is 5.11 Å². The standard InChI is InChI=1S/C10H5N3O4S/c14-8-9(15)13(8)12-7-5(10(16)17)4-2-1-3-11-6(4)18-7/h1-3,12H,(H,16,17). The average molecular weight is 263 g/mol. The first-order valence-corrected chi connectivity index (χ1v) is 5.67. The van der Waals surface area contributed by atoms with E-state index in [0.29, 0.717) is 10.2 Å². The topological polar surface area (TPSA) is 101 Å². The molecule has 0 unspecified atom stereocenters. The van der Waals surface area contributed by atoms with Crippen LogP contribution in [0.2, 0.25) is 0 Å². The number of pyridine rings is 1. The summed E-state index contributed by atoms with van der Waals surface area (Å²) < 4.78 is 0.761. The second-order valence-electron chi connectivity index (χ2n) is 3.52. The van der Waals surface area contributed by atoms with Gasteiger partial charge in [-0.2, -0.15) is 4.68 Å². The molecule has 0 amide bonds. The van der Waals surface area contributed by atoms with Crippen molar-refractivity contribution in [1.29, 1.82) is 0 Å². The zero-order chi connectivity index (χ0) is 12.9. The number of fused-ring (bicyclic) bond motifs is 1. The fraction of sp³-hybridized carbons (Fsp3) is 0. The Bertz CT molecular complexity index is 815. The molecule has 0 bridgehead atoms. The van der Waals surface area contributed by atoms with Crippen LogP contribution in [-0.4, -0.2) is 20.7 Å². The van der Waals surface area contributed by atoms with Gasteiger partial charge in [0.05, 0.1) is 0 Å². The predicted molar refractivity (Wildman–Crippen MR) is 64.9 cm³/mol. The van der Waals surface area contributed by atoms with Gasteiger partial charge in [-0.05, 0) is 12.1 Å². The van der Waals surface area contributed by atoms with Crippen LogP contribution in [0.25, 0.3) is 10.2 Å². The van der Waals surface area contributed by atoms with Crippen LogP contribution in [0.15, 0.2) is 27.9 Å². The van der Waals surface area contributed by atoms with Crippen LogP contribution in [0.3, 0.4) is 0 Å². The van der Waals surface area contributed by atoms with Gasteiger partial charge in [0.25, 0.3) is 0 Å². The summed E-state index contributed by atoms with van der Waals surface area (Å²) in [5, 5.41) is 9.86. The van der Waals surface area contributed by atoms with Gasteiger partial charge in [-0.15, -0.1) is 0 Å². The summed E-state index contributed by atoms with van der Waals surface area (Å²) in [4.78, 5) is 37.5. The zero-order valence-electron chi connectivity index (χ0n) is 8.71. The molecule has 18 heavy (non-hydrogen) atoms. The minimum atomic E-state index is -1.14. The van der Waals surface area contributed by atoms with Crippen molar-refractivity contribution in [2.24, 2.45) is 0 Å². The Balaban J connectivity index is 2.19. The molecule has 0 atom stereocenters. The summed E-state index contributed by atoms with van der Waals surface area (Å²) >= 11 is 1.08. The third-order valence-corrected chi connectivity index (χ3v) is 3.45. The summed E-state index contributed by atoms with van der Waals surface area (Å²) in [5.41, 5.74) is 1.13. The van der Waals surface area contributed by atoms with E-state index in [2.05, 4.69) is 10.4 Å². The van der Waals surface area contributed by atoms with Crippen molar-refractivity contribution in [2.45, 2.75) is 0 Å². The summed E-state index contributed by atoms with van der Waals surface area (Å²) in [7, 11) is 0. The van der Waals surface area contributed by atoms with E-state index < -0.39 is 17.1 Å². The van der Waals surface area contributed by atoms with E-state index in [-0.39, 0.29) is 10.6 Å². The van der Waals surface area contributed by atoms with Crippen molar-refractivity contribution in [1.82, 2.24) is 9.66 Å². The summed E-state index contributed by atoms with van der Waals surface area (Å²) in [6, 6.07) is 3.25. The molecule has 2 N–H and O–H groups in total. The smallest absolute Gasteiger partial charge is 0.340 e. The second-order valence-corrected chi connectivity index (χ2v) is 4.52. The highest BCUT2D eigenvalue weighted by molar-refractivity contribution is 7.23. The minimum Gasteiger partial charge on any atom is -0.478 e. The number of rotatable bonds is 3. The monoisotopic (exact) mass is 263 g/mol. The second kappa shape index (κ2) is 3.50. The number of carbonyl (C=O) groups is 1. The fourth-order valence-electron chi connectivity index (χ4n) is 1.56. The molecule has 0 aliphatic carbocycles. The molecule has 8 heteroatoms. The van der Waals surface area contributed by atoms with Crippen LogP contribution in [0.5, 0.6) is 0 Å². The van der Waals surface area contributed by atoms with Gasteiger partial charge in [-0.25, -0.2) is 9.78 Å². The SMILES string of the molecule is O=C(O)c1c(Nn2c(=O)c2=O)sc2ncccc12. The number of hydrogen-bond acceptors (Lipinski definition) is 6. The first-order chi connectivity index (χ1) is 8.59. The molecule has 0 radical (unpaired) electrons. The van der Waals surface area contributed by atoms with Crippen molar-refractivity contribution in [2.75, 3.05) is 5.43 Å². The number of nitrogens with one attached hydrogen (secondary N) is 1. The zero-order valence-corrected chi connectivity index (χ0v) is 9.52. The maximum absolute atomic E-state index is 11.2. The number of aromatic carboxylic acids is 1. The molecule has 0 spiro atoms. The maximum Gasteiger partial charge on any atom is 0.340 e. The molecule has 3 heterocycles.